The summed E-state index contributed by atoms with van der Waals surface area (Å²) in [4.78, 5) is 14.5. The maximum atomic E-state index is 12.3. The van der Waals surface area contributed by atoms with Crippen LogP contribution in [0.5, 0.6) is 5.75 Å². The SMILES string of the molecule is CCc1ccc(S(=O)(=O)NCCN(C(C)=O)c2ccccc2OC)s1. The predicted octanol–water partition coefficient (Wildman–Crippen LogP) is 2.65. The molecule has 2 aromatic rings. The fourth-order valence-corrected chi connectivity index (χ4v) is 4.72. The third kappa shape index (κ3) is 4.81. The van der Waals surface area contributed by atoms with Crippen molar-refractivity contribution in [2.24, 2.45) is 0 Å². The van der Waals surface area contributed by atoms with Crippen LogP contribution in [0.1, 0.15) is 18.7 Å². The quantitative estimate of drug-likeness (QED) is 0.762. The van der Waals surface area contributed by atoms with Gasteiger partial charge in [0.1, 0.15) is 9.96 Å². The molecule has 1 aromatic heterocycles. The molecule has 25 heavy (non-hydrogen) atoms. The van der Waals surface area contributed by atoms with E-state index in [2.05, 4.69) is 4.72 Å². The van der Waals surface area contributed by atoms with Crippen molar-refractivity contribution >= 4 is 33.0 Å². The number of rotatable bonds is 8. The summed E-state index contributed by atoms with van der Waals surface area (Å²) < 4.78 is 32.8. The highest BCUT2D eigenvalue weighted by Gasteiger charge is 2.19. The fourth-order valence-electron chi connectivity index (χ4n) is 2.36. The number of benzene rings is 1. The molecule has 2 rings (SSSR count). The lowest BCUT2D eigenvalue weighted by molar-refractivity contribution is -0.116. The van der Waals surface area contributed by atoms with E-state index in [4.69, 9.17) is 4.74 Å². The summed E-state index contributed by atoms with van der Waals surface area (Å²) in [5.74, 6) is 0.375. The Balaban J connectivity index is 2.08. The van der Waals surface area contributed by atoms with Crippen LogP contribution in [-0.2, 0) is 21.2 Å². The zero-order valence-corrected chi connectivity index (χ0v) is 16.1. The molecule has 0 radical (unpaired) electrons. The first kappa shape index (κ1) is 19.4. The van der Waals surface area contributed by atoms with E-state index in [1.807, 2.05) is 19.1 Å². The molecular weight excluding hydrogens is 360 g/mol. The number of hydrogen-bond donors (Lipinski definition) is 1. The van der Waals surface area contributed by atoms with Gasteiger partial charge in [-0.25, -0.2) is 13.1 Å². The number of methoxy groups -OCH3 is 1. The molecule has 1 amide bonds. The maximum Gasteiger partial charge on any atom is 0.250 e. The topological polar surface area (TPSA) is 75.7 Å². The number of aryl methyl sites for hydroxylation is 1. The smallest absolute Gasteiger partial charge is 0.250 e. The zero-order chi connectivity index (χ0) is 18.4. The molecule has 0 saturated heterocycles. The summed E-state index contributed by atoms with van der Waals surface area (Å²) >= 11 is 1.26. The van der Waals surface area contributed by atoms with Crippen LogP contribution in [0.4, 0.5) is 5.69 Å². The van der Waals surface area contributed by atoms with Gasteiger partial charge in [0, 0.05) is 24.9 Å². The normalized spacial score (nSPS) is 11.3. The van der Waals surface area contributed by atoms with Crippen LogP contribution in [-0.4, -0.2) is 34.5 Å². The Hall–Kier alpha value is -1.90. The molecule has 1 heterocycles. The highest BCUT2D eigenvalue weighted by Crippen LogP contribution is 2.27. The number of anilines is 1. The van der Waals surface area contributed by atoms with Crippen LogP contribution in [0.15, 0.2) is 40.6 Å². The van der Waals surface area contributed by atoms with Gasteiger partial charge < -0.3 is 9.64 Å². The minimum absolute atomic E-state index is 0.110. The first-order valence-electron chi connectivity index (χ1n) is 7.88. The molecule has 1 aromatic carbocycles. The fraction of sp³-hybridized carbons (Fsp3) is 0.353. The Morgan fingerprint density at radius 3 is 2.56 bits per heavy atom. The number of nitrogens with one attached hydrogen (secondary N) is 1. The van der Waals surface area contributed by atoms with E-state index >= 15 is 0 Å². The van der Waals surface area contributed by atoms with Gasteiger partial charge in [-0.15, -0.1) is 11.3 Å². The predicted molar refractivity (Wildman–Crippen MR) is 99.9 cm³/mol. The van der Waals surface area contributed by atoms with Gasteiger partial charge in [0.05, 0.1) is 12.8 Å². The molecule has 0 atom stereocenters. The van der Waals surface area contributed by atoms with Crippen LogP contribution in [0.25, 0.3) is 0 Å². The van der Waals surface area contributed by atoms with Crippen molar-refractivity contribution in [1.82, 2.24) is 4.72 Å². The Kier molecular flexibility index (Phi) is 6.57. The van der Waals surface area contributed by atoms with E-state index in [0.717, 1.165) is 11.3 Å². The first-order chi connectivity index (χ1) is 11.9. The second-order valence-corrected chi connectivity index (χ2v) is 8.48. The average Bonchev–Trinajstić information content (AvgIpc) is 3.08. The second kappa shape index (κ2) is 8.46. The van der Waals surface area contributed by atoms with Crippen molar-refractivity contribution in [3.05, 3.63) is 41.3 Å². The molecule has 0 unspecified atom stereocenters. The van der Waals surface area contributed by atoms with Crippen molar-refractivity contribution in [3.8, 4) is 5.75 Å². The second-order valence-electron chi connectivity index (χ2n) is 5.31. The summed E-state index contributed by atoms with van der Waals surface area (Å²) in [6, 6.07) is 10.6. The number of hydrogen-bond acceptors (Lipinski definition) is 5. The van der Waals surface area contributed by atoms with E-state index < -0.39 is 10.0 Å². The minimum Gasteiger partial charge on any atom is -0.495 e. The Labute approximate surface area is 152 Å². The molecule has 0 bridgehead atoms. The highest BCUT2D eigenvalue weighted by molar-refractivity contribution is 7.91. The number of para-hydroxylation sites is 2. The number of sulfonamides is 1. The molecule has 136 valence electrons. The molecule has 0 fully saturated rings. The van der Waals surface area contributed by atoms with Gasteiger partial charge in [0.2, 0.25) is 15.9 Å². The van der Waals surface area contributed by atoms with E-state index in [-0.39, 0.29) is 23.2 Å². The van der Waals surface area contributed by atoms with Crippen molar-refractivity contribution in [3.63, 3.8) is 0 Å². The van der Waals surface area contributed by atoms with Gasteiger partial charge >= 0.3 is 0 Å². The lowest BCUT2D eigenvalue weighted by Gasteiger charge is -2.23. The van der Waals surface area contributed by atoms with Crippen LogP contribution in [0.2, 0.25) is 0 Å². The number of thiophene rings is 1. The third-order valence-corrected chi connectivity index (χ3v) is 6.82. The van der Waals surface area contributed by atoms with Crippen molar-refractivity contribution < 1.29 is 17.9 Å². The monoisotopic (exact) mass is 382 g/mol. The molecule has 0 aliphatic rings. The van der Waals surface area contributed by atoms with E-state index in [9.17, 15) is 13.2 Å². The minimum atomic E-state index is -3.57. The number of carbonyl (C=O) groups is 1. The number of amides is 1. The van der Waals surface area contributed by atoms with Crippen LogP contribution in [0, 0.1) is 0 Å². The van der Waals surface area contributed by atoms with E-state index in [0.29, 0.717) is 11.4 Å². The third-order valence-electron chi connectivity index (χ3n) is 3.63. The van der Waals surface area contributed by atoms with Gasteiger partial charge in [0.25, 0.3) is 0 Å². The van der Waals surface area contributed by atoms with Crippen molar-refractivity contribution in [2.75, 3.05) is 25.1 Å². The zero-order valence-electron chi connectivity index (χ0n) is 14.5. The number of carbonyl (C=O) groups excluding carboxylic acids is 1. The number of ether oxygens (including phenoxy) is 1. The summed E-state index contributed by atoms with van der Waals surface area (Å²) in [6.45, 7) is 3.74. The average molecular weight is 383 g/mol. The lowest BCUT2D eigenvalue weighted by Crippen LogP contribution is -2.37. The standard InChI is InChI=1S/C17H22N2O4S2/c1-4-14-9-10-17(24-14)25(21,22)18-11-12-19(13(2)20)15-7-5-6-8-16(15)23-3/h5-10,18H,4,11-12H2,1-3H3. The van der Waals surface area contributed by atoms with E-state index in [1.54, 1.807) is 24.3 Å². The Morgan fingerprint density at radius 1 is 1.24 bits per heavy atom. The summed E-state index contributed by atoms with van der Waals surface area (Å²) in [5, 5.41) is 0. The largest absolute Gasteiger partial charge is 0.495 e. The van der Waals surface area contributed by atoms with Crippen molar-refractivity contribution in [1.29, 1.82) is 0 Å². The van der Waals surface area contributed by atoms with Gasteiger partial charge in [-0.3, -0.25) is 4.79 Å². The van der Waals surface area contributed by atoms with Crippen molar-refractivity contribution in [2.45, 2.75) is 24.5 Å². The van der Waals surface area contributed by atoms with E-state index in [1.165, 1.54) is 30.3 Å². The van der Waals surface area contributed by atoms with Crippen LogP contribution in [0.3, 0.4) is 0 Å². The first-order valence-corrected chi connectivity index (χ1v) is 10.2. The molecule has 6 nitrogen and oxygen atoms in total. The molecule has 0 spiro atoms. The number of nitrogens with zero attached hydrogens (tertiary/aromatic N) is 1. The molecular formula is C17H22N2O4S2. The molecule has 8 heteroatoms. The highest BCUT2D eigenvalue weighted by atomic mass is 32.2. The Morgan fingerprint density at radius 2 is 1.96 bits per heavy atom. The van der Waals surface area contributed by atoms with Crippen LogP contribution < -0.4 is 14.4 Å². The van der Waals surface area contributed by atoms with Gasteiger partial charge in [0.15, 0.2) is 0 Å². The molecule has 0 aliphatic heterocycles. The molecule has 0 aliphatic carbocycles. The molecule has 1 N–H and O–H groups in total. The van der Waals surface area contributed by atoms with Gasteiger partial charge in [-0.1, -0.05) is 19.1 Å². The summed E-state index contributed by atoms with van der Waals surface area (Å²) in [7, 11) is -2.04. The van der Waals surface area contributed by atoms with Gasteiger partial charge in [-0.2, -0.15) is 0 Å². The lowest BCUT2D eigenvalue weighted by atomic mass is 10.2. The summed E-state index contributed by atoms with van der Waals surface area (Å²) in [5.41, 5.74) is 0.612. The summed E-state index contributed by atoms with van der Waals surface area (Å²) in [6.07, 6.45) is 0.798. The van der Waals surface area contributed by atoms with Crippen LogP contribution >= 0.6 is 11.3 Å². The van der Waals surface area contributed by atoms with Gasteiger partial charge in [-0.05, 0) is 30.7 Å². The molecule has 0 saturated carbocycles. The Bertz CT molecular complexity index is 831. The maximum absolute atomic E-state index is 12.3.